The lowest BCUT2D eigenvalue weighted by atomic mass is 9.83. The normalized spacial score (nSPS) is 18.7. The quantitative estimate of drug-likeness (QED) is 0.308. The highest BCUT2D eigenvalue weighted by molar-refractivity contribution is 6.30. The predicted molar refractivity (Wildman–Crippen MR) is 132 cm³/mol. The van der Waals surface area contributed by atoms with Crippen molar-refractivity contribution in [2.75, 3.05) is 19.7 Å². The van der Waals surface area contributed by atoms with E-state index < -0.39 is 11.0 Å². The number of carbonyl (C=O) groups is 1. The van der Waals surface area contributed by atoms with Crippen molar-refractivity contribution in [3.8, 4) is 17.4 Å². The Kier molecular flexibility index (Phi) is 6.75. The Hall–Kier alpha value is -3.69. The zero-order valence-corrected chi connectivity index (χ0v) is 20.1. The SMILES string of the molecule is O=C(Oc1ccc([N+](=O)[O-])cc1)N1CCC2(CC1)C[C@H](c1cccc(Oc3ccc(Cl)cn3)c1)CO2. The van der Waals surface area contributed by atoms with Crippen LogP contribution in [0.3, 0.4) is 0 Å². The van der Waals surface area contributed by atoms with Crippen molar-refractivity contribution in [1.82, 2.24) is 9.88 Å². The third-order valence-electron chi connectivity index (χ3n) is 6.65. The van der Waals surface area contributed by atoms with Crippen LogP contribution in [0.5, 0.6) is 17.4 Å². The van der Waals surface area contributed by atoms with Crippen LogP contribution in [0.15, 0.2) is 66.9 Å². The van der Waals surface area contributed by atoms with Crippen molar-refractivity contribution >= 4 is 23.4 Å². The molecular formula is C26H24ClN3O6. The first-order valence-electron chi connectivity index (χ1n) is 11.6. The fraction of sp³-hybridized carbons (Fsp3) is 0.308. The Labute approximate surface area is 212 Å². The molecule has 36 heavy (non-hydrogen) atoms. The lowest BCUT2D eigenvalue weighted by Gasteiger charge is -2.38. The number of nitro benzene ring substituents is 1. The minimum Gasteiger partial charge on any atom is -0.439 e. The second-order valence-corrected chi connectivity index (χ2v) is 9.43. The molecule has 9 nitrogen and oxygen atoms in total. The van der Waals surface area contributed by atoms with Crippen LogP contribution in [0.4, 0.5) is 10.5 Å². The number of rotatable bonds is 5. The number of hydrogen-bond acceptors (Lipinski definition) is 7. The van der Waals surface area contributed by atoms with Gasteiger partial charge in [0, 0.05) is 43.4 Å². The summed E-state index contributed by atoms with van der Waals surface area (Å²) in [5.41, 5.74) is 0.809. The van der Waals surface area contributed by atoms with Gasteiger partial charge in [-0.15, -0.1) is 0 Å². The van der Waals surface area contributed by atoms with Gasteiger partial charge in [-0.25, -0.2) is 9.78 Å². The van der Waals surface area contributed by atoms with Gasteiger partial charge in [-0.2, -0.15) is 0 Å². The van der Waals surface area contributed by atoms with Gasteiger partial charge in [0.1, 0.15) is 11.5 Å². The van der Waals surface area contributed by atoms with Crippen LogP contribution in [0, 0.1) is 10.1 Å². The number of aromatic nitrogens is 1. The third kappa shape index (κ3) is 5.42. The van der Waals surface area contributed by atoms with Gasteiger partial charge in [-0.05, 0) is 55.2 Å². The van der Waals surface area contributed by atoms with Crippen LogP contribution in [0.2, 0.25) is 5.02 Å². The van der Waals surface area contributed by atoms with Crippen molar-refractivity contribution in [1.29, 1.82) is 0 Å². The molecule has 2 aromatic carbocycles. The smallest absolute Gasteiger partial charge is 0.415 e. The summed E-state index contributed by atoms with van der Waals surface area (Å²) in [6, 6.07) is 16.9. The minimum absolute atomic E-state index is 0.0543. The molecule has 0 saturated carbocycles. The van der Waals surface area contributed by atoms with E-state index >= 15 is 0 Å². The fourth-order valence-electron chi connectivity index (χ4n) is 4.68. The summed E-state index contributed by atoms with van der Waals surface area (Å²) in [5, 5.41) is 11.3. The number of ether oxygens (including phenoxy) is 3. The second-order valence-electron chi connectivity index (χ2n) is 8.99. The number of amides is 1. The van der Waals surface area contributed by atoms with E-state index in [0.29, 0.717) is 49.2 Å². The number of non-ortho nitro benzene ring substituents is 1. The van der Waals surface area contributed by atoms with Crippen molar-refractivity contribution in [3.63, 3.8) is 0 Å². The van der Waals surface area contributed by atoms with Gasteiger partial charge < -0.3 is 19.1 Å². The average molecular weight is 510 g/mol. The monoisotopic (exact) mass is 509 g/mol. The van der Waals surface area contributed by atoms with E-state index in [4.69, 9.17) is 25.8 Å². The van der Waals surface area contributed by atoms with Gasteiger partial charge >= 0.3 is 6.09 Å². The minimum atomic E-state index is -0.495. The van der Waals surface area contributed by atoms with Crippen molar-refractivity contribution in [2.45, 2.75) is 30.8 Å². The highest BCUT2D eigenvalue weighted by atomic mass is 35.5. The number of hydrogen-bond donors (Lipinski definition) is 0. The molecule has 10 heteroatoms. The van der Waals surface area contributed by atoms with Crippen molar-refractivity contribution < 1.29 is 23.9 Å². The van der Waals surface area contributed by atoms with E-state index in [0.717, 1.165) is 12.0 Å². The lowest BCUT2D eigenvalue weighted by Crippen LogP contribution is -2.47. The molecule has 1 amide bonds. The standard InChI is InChI=1S/C26H24ClN3O6/c27-20-4-9-24(28-16-20)35-23-3-1-2-18(14-23)19-15-26(34-17-19)10-12-29(13-11-26)25(31)36-22-7-5-21(6-8-22)30(32)33/h1-9,14,16,19H,10-13,15,17H2/t19-/m0/s1. The van der Waals surface area contributed by atoms with Gasteiger partial charge in [-0.3, -0.25) is 10.1 Å². The van der Waals surface area contributed by atoms with Crippen LogP contribution in [-0.2, 0) is 4.74 Å². The number of nitrogens with zero attached hydrogens (tertiary/aromatic N) is 3. The first-order valence-corrected chi connectivity index (χ1v) is 12.0. The summed E-state index contributed by atoms with van der Waals surface area (Å²) in [6.45, 7) is 1.64. The van der Waals surface area contributed by atoms with E-state index in [1.54, 1.807) is 23.2 Å². The molecule has 186 valence electrons. The third-order valence-corrected chi connectivity index (χ3v) is 6.87. The first-order chi connectivity index (χ1) is 17.4. The fourth-order valence-corrected chi connectivity index (χ4v) is 4.79. The molecule has 2 aliphatic rings. The van der Waals surface area contributed by atoms with Gasteiger partial charge in [0.2, 0.25) is 5.88 Å². The largest absolute Gasteiger partial charge is 0.439 e. The molecule has 3 aromatic rings. The van der Waals surface area contributed by atoms with Crippen LogP contribution in [0.25, 0.3) is 0 Å². The maximum absolute atomic E-state index is 12.6. The summed E-state index contributed by atoms with van der Waals surface area (Å²) >= 11 is 5.89. The Morgan fingerprint density at radius 3 is 2.58 bits per heavy atom. The number of piperidine rings is 1. The van der Waals surface area contributed by atoms with E-state index in [1.165, 1.54) is 24.3 Å². The number of carbonyl (C=O) groups excluding carboxylic acids is 1. The van der Waals surface area contributed by atoms with E-state index in [1.807, 2.05) is 18.2 Å². The van der Waals surface area contributed by atoms with Crippen LogP contribution >= 0.6 is 11.6 Å². The summed E-state index contributed by atoms with van der Waals surface area (Å²) in [7, 11) is 0. The van der Waals surface area contributed by atoms with Crippen LogP contribution in [0.1, 0.15) is 30.7 Å². The zero-order chi connectivity index (χ0) is 25.1. The van der Waals surface area contributed by atoms with E-state index in [-0.39, 0.29) is 23.0 Å². The lowest BCUT2D eigenvalue weighted by molar-refractivity contribution is -0.384. The van der Waals surface area contributed by atoms with Crippen molar-refractivity contribution in [3.05, 3.63) is 87.6 Å². The van der Waals surface area contributed by atoms with Gasteiger partial charge in [0.15, 0.2) is 0 Å². The molecule has 3 heterocycles. The average Bonchev–Trinajstić information content (AvgIpc) is 3.30. The van der Waals surface area contributed by atoms with Gasteiger partial charge in [0.05, 0.1) is 22.2 Å². The maximum atomic E-state index is 12.6. The topological polar surface area (TPSA) is 104 Å². The summed E-state index contributed by atoms with van der Waals surface area (Å²) in [6.07, 6.45) is 3.37. The van der Waals surface area contributed by atoms with E-state index in [9.17, 15) is 14.9 Å². The number of pyridine rings is 1. The molecule has 0 N–H and O–H groups in total. The Morgan fingerprint density at radius 1 is 1.11 bits per heavy atom. The Morgan fingerprint density at radius 2 is 1.89 bits per heavy atom. The van der Waals surface area contributed by atoms with Crippen LogP contribution in [-0.4, -0.2) is 46.2 Å². The predicted octanol–water partition coefficient (Wildman–Crippen LogP) is 5.97. The molecule has 0 aliphatic carbocycles. The molecule has 0 bridgehead atoms. The first kappa shape index (κ1) is 24.0. The number of benzene rings is 2. The molecule has 2 aliphatic heterocycles. The molecule has 0 radical (unpaired) electrons. The number of nitro groups is 1. The van der Waals surface area contributed by atoms with Crippen LogP contribution < -0.4 is 9.47 Å². The maximum Gasteiger partial charge on any atom is 0.415 e. The Bertz CT molecular complexity index is 1240. The van der Waals surface area contributed by atoms with Crippen molar-refractivity contribution in [2.24, 2.45) is 0 Å². The highest BCUT2D eigenvalue weighted by Crippen LogP contribution is 2.43. The molecule has 1 aromatic heterocycles. The molecular weight excluding hydrogens is 486 g/mol. The summed E-state index contributed by atoms with van der Waals surface area (Å²) in [4.78, 5) is 28.7. The summed E-state index contributed by atoms with van der Waals surface area (Å²) in [5.74, 6) is 1.68. The molecule has 1 atom stereocenters. The molecule has 1 spiro atoms. The zero-order valence-electron chi connectivity index (χ0n) is 19.3. The molecule has 2 saturated heterocycles. The number of likely N-dealkylation sites (tertiary alicyclic amines) is 1. The molecule has 0 unspecified atom stereocenters. The Balaban J connectivity index is 1.16. The number of halogens is 1. The molecule has 5 rings (SSSR count). The highest BCUT2D eigenvalue weighted by Gasteiger charge is 2.44. The van der Waals surface area contributed by atoms with Gasteiger partial charge in [-0.1, -0.05) is 23.7 Å². The summed E-state index contributed by atoms with van der Waals surface area (Å²) < 4.78 is 17.6. The molecule has 2 fully saturated rings. The van der Waals surface area contributed by atoms with E-state index in [2.05, 4.69) is 11.1 Å². The second kappa shape index (κ2) is 10.1. The van der Waals surface area contributed by atoms with Gasteiger partial charge in [0.25, 0.3) is 5.69 Å².